The molecule has 0 radical (unpaired) electrons. The molecule has 1 heterocycles. The first kappa shape index (κ1) is 19.0. The molecule has 2 aromatic carbocycles. The SMILES string of the molecule is COc1ccc(Cn2ccc(=O)cc2-c2cccc(C(F)(F)F)c2Cl)cc1. The summed E-state index contributed by atoms with van der Waals surface area (Å²) >= 11 is 6.04. The van der Waals surface area contributed by atoms with E-state index in [1.54, 1.807) is 30.0 Å². The van der Waals surface area contributed by atoms with Crippen molar-refractivity contribution in [2.45, 2.75) is 12.7 Å². The molecule has 0 aliphatic rings. The number of methoxy groups -OCH3 is 1. The average molecular weight is 394 g/mol. The van der Waals surface area contributed by atoms with Crippen LogP contribution in [0, 0.1) is 0 Å². The van der Waals surface area contributed by atoms with Gasteiger partial charge in [-0.1, -0.05) is 35.9 Å². The first-order valence-corrected chi connectivity index (χ1v) is 8.37. The molecule has 3 aromatic rings. The third kappa shape index (κ3) is 4.17. The summed E-state index contributed by atoms with van der Waals surface area (Å²) in [5.41, 5.74) is 0.106. The topological polar surface area (TPSA) is 31.2 Å². The van der Waals surface area contributed by atoms with Gasteiger partial charge in [0.05, 0.1) is 23.4 Å². The molecule has 0 fully saturated rings. The molecule has 3 nitrogen and oxygen atoms in total. The van der Waals surface area contributed by atoms with Gasteiger partial charge in [0.15, 0.2) is 5.43 Å². The van der Waals surface area contributed by atoms with Crippen LogP contribution in [0.5, 0.6) is 5.75 Å². The summed E-state index contributed by atoms with van der Waals surface area (Å²) in [4.78, 5) is 11.8. The van der Waals surface area contributed by atoms with Crippen molar-refractivity contribution in [3.8, 4) is 17.0 Å². The first-order valence-electron chi connectivity index (χ1n) is 7.99. The van der Waals surface area contributed by atoms with Crippen molar-refractivity contribution in [3.05, 3.63) is 87.2 Å². The van der Waals surface area contributed by atoms with E-state index in [2.05, 4.69) is 0 Å². The Hall–Kier alpha value is -2.73. The van der Waals surface area contributed by atoms with Gasteiger partial charge in [0.1, 0.15) is 5.75 Å². The summed E-state index contributed by atoms with van der Waals surface area (Å²) in [5.74, 6) is 0.694. The highest BCUT2D eigenvalue weighted by Gasteiger charge is 2.34. The normalized spacial score (nSPS) is 11.4. The number of aromatic nitrogens is 1. The van der Waals surface area contributed by atoms with Crippen LogP contribution in [0.1, 0.15) is 11.1 Å². The lowest BCUT2D eigenvalue weighted by atomic mass is 10.1. The van der Waals surface area contributed by atoms with Gasteiger partial charge in [-0.15, -0.1) is 0 Å². The van der Waals surface area contributed by atoms with Gasteiger partial charge in [-0.25, -0.2) is 0 Å². The van der Waals surface area contributed by atoms with E-state index in [9.17, 15) is 18.0 Å². The minimum atomic E-state index is -4.58. The Morgan fingerprint density at radius 3 is 2.41 bits per heavy atom. The number of benzene rings is 2. The number of rotatable bonds is 4. The van der Waals surface area contributed by atoms with Gasteiger partial charge in [0.2, 0.25) is 0 Å². The lowest BCUT2D eigenvalue weighted by Crippen LogP contribution is -2.11. The van der Waals surface area contributed by atoms with Crippen LogP contribution < -0.4 is 10.2 Å². The molecule has 3 rings (SSSR count). The van der Waals surface area contributed by atoms with E-state index in [1.807, 2.05) is 12.1 Å². The van der Waals surface area contributed by atoms with Gasteiger partial charge in [-0.05, 0) is 23.8 Å². The highest BCUT2D eigenvalue weighted by Crippen LogP contribution is 2.39. The predicted octanol–water partition coefficient (Wildman–Crippen LogP) is 5.24. The van der Waals surface area contributed by atoms with Gasteiger partial charge in [0.25, 0.3) is 0 Å². The predicted molar refractivity (Wildman–Crippen MR) is 98.2 cm³/mol. The molecule has 0 atom stereocenters. The van der Waals surface area contributed by atoms with Crippen molar-refractivity contribution < 1.29 is 17.9 Å². The number of pyridine rings is 1. The van der Waals surface area contributed by atoms with Crippen LogP contribution in [0.3, 0.4) is 0 Å². The van der Waals surface area contributed by atoms with E-state index >= 15 is 0 Å². The summed E-state index contributed by atoms with van der Waals surface area (Å²) in [6, 6.07) is 13.6. The van der Waals surface area contributed by atoms with E-state index in [4.69, 9.17) is 16.3 Å². The highest BCUT2D eigenvalue weighted by atomic mass is 35.5. The largest absolute Gasteiger partial charge is 0.497 e. The van der Waals surface area contributed by atoms with E-state index in [0.717, 1.165) is 11.6 Å². The van der Waals surface area contributed by atoms with Crippen LogP contribution in [0.15, 0.2) is 65.6 Å². The van der Waals surface area contributed by atoms with Crippen LogP contribution in [-0.2, 0) is 12.7 Å². The molecule has 0 saturated heterocycles. The standard InChI is InChI=1S/C20H15ClF3NO2/c1-27-15-7-5-13(6-8-15)12-25-10-9-14(26)11-18(25)16-3-2-4-17(19(16)21)20(22,23)24/h2-11H,12H2,1H3. The van der Waals surface area contributed by atoms with Gasteiger partial charge in [-0.3, -0.25) is 4.79 Å². The van der Waals surface area contributed by atoms with Crippen molar-refractivity contribution >= 4 is 11.6 Å². The number of alkyl halides is 3. The molecule has 0 aliphatic heterocycles. The van der Waals surface area contributed by atoms with Crippen molar-refractivity contribution in [2.24, 2.45) is 0 Å². The molecule has 0 spiro atoms. The molecule has 0 aliphatic carbocycles. The van der Waals surface area contributed by atoms with E-state index in [0.29, 0.717) is 18.0 Å². The second-order valence-corrected chi connectivity index (χ2v) is 6.27. The smallest absolute Gasteiger partial charge is 0.417 e. The maximum Gasteiger partial charge on any atom is 0.417 e. The lowest BCUT2D eigenvalue weighted by molar-refractivity contribution is -0.137. The van der Waals surface area contributed by atoms with Crippen LogP contribution in [0.2, 0.25) is 5.02 Å². The fraction of sp³-hybridized carbons (Fsp3) is 0.150. The number of halogens is 4. The van der Waals surface area contributed by atoms with Crippen molar-refractivity contribution in [1.82, 2.24) is 4.57 Å². The Bertz CT molecular complexity index is 1010. The number of hydrogen-bond donors (Lipinski definition) is 0. The maximum atomic E-state index is 13.2. The molecule has 0 N–H and O–H groups in total. The van der Waals surface area contributed by atoms with Gasteiger partial charge in [-0.2, -0.15) is 13.2 Å². The maximum absolute atomic E-state index is 13.2. The van der Waals surface area contributed by atoms with Gasteiger partial charge >= 0.3 is 6.18 Å². The van der Waals surface area contributed by atoms with E-state index in [-0.39, 0.29) is 11.0 Å². The lowest BCUT2D eigenvalue weighted by Gasteiger charge is -2.17. The molecule has 0 saturated carbocycles. The molecule has 140 valence electrons. The molecule has 1 aromatic heterocycles. The van der Waals surface area contributed by atoms with Gasteiger partial charge in [0, 0.05) is 30.4 Å². The minimum Gasteiger partial charge on any atom is -0.497 e. The summed E-state index contributed by atoms with van der Waals surface area (Å²) in [5, 5.41) is -0.431. The average Bonchev–Trinajstić information content (AvgIpc) is 2.63. The zero-order chi connectivity index (χ0) is 19.6. The molecule has 7 heteroatoms. The van der Waals surface area contributed by atoms with Crippen molar-refractivity contribution in [2.75, 3.05) is 7.11 Å². The van der Waals surface area contributed by atoms with Crippen LogP contribution in [0.4, 0.5) is 13.2 Å². The Morgan fingerprint density at radius 2 is 1.78 bits per heavy atom. The van der Waals surface area contributed by atoms with Crippen LogP contribution in [0.25, 0.3) is 11.3 Å². The molecule has 27 heavy (non-hydrogen) atoms. The summed E-state index contributed by atoms with van der Waals surface area (Å²) in [6.45, 7) is 0.353. The van der Waals surface area contributed by atoms with Crippen LogP contribution >= 0.6 is 11.6 Å². The highest BCUT2D eigenvalue weighted by molar-refractivity contribution is 6.34. The molecule has 0 amide bonds. The Morgan fingerprint density at radius 1 is 1.07 bits per heavy atom. The van der Waals surface area contributed by atoms with Gasteiger partial charge < -0.3 is 9.30 Å². The third-order valence-corrected chi connectivity index (χ3v) is 4.51. The Kier molecular flexibility index (Phi) is 5.28. The Labute approximate surface area is 158 Å². The summed E-state index contributed by atoms with van der Waals surface area (Å²) < 4.78 is 46.3. The summed E-state index contributed by atoms with van der Waals surface area (Å²) in [6.07, 6.45) is -3.04. The molecular weight excluding hydrogens is 379 g/mol. The second kappa shape index (κ2) is 7.48. The number of nitrogens with zero attached hydrogens (tertiary/aromatic N) is 1. The van der Waals surface area contributed by atoms with Crippen LogP contribution in [-0.4, -0.2) is 11.7 Å². The fourth-order valence-corrected chi connectivity index (χ4v) is 3.09. The van der Waals surface area contributed by atoms with E-state index in [1.165, 1.54) is 24.3 Å². The number of ether oxygens (including phenoxy) is 1. The summed E-state index contributed by atoms with van der Waals surface area (Å²) in [7, 11) is 1.56. The fourth-order valence-electron chi connectivity index (χ4n) is 2.76. The van der Waals surface area contributed by atoms with Crippen molar-refractivity contribution in [3.63, 3.8) is 0 Å². The van der Waals surface area contributed by atoms with Crippen molar-refractivity contribution in [1.29, 1.82) is 0 Å². The third-order valence-electron chi connectivity index (χ3n) is 4.10. The molecule has 0 bridgehead atoms. The number of hydrogen-bond acceptors (Lipinski definition) is 2. The molecular formula is C20H15ClF3NO2. The quantitative estimate of drug-likeness (QED) is 0.606. The Balaban J connectivity index is 2.09. The first-order chi connectivity index (χ1) is 12.8. The monoisotopic (exact) mass is 393 g/mol. The zero-order valence-electron chi connectivity index (χ0n) is 14.3. The van der Waals surface area contributed by atoms with E-state index < -0.39 is 16.8 Å². The second-order valence-electron chi connectivity index (χ2n) is 5.89. The molecule has 0 unspecified atom stereocenters. The zero-order valence-corrected chi connectivity index (χ0v) is 15.0. The minimum absolute atomic E-state index is 0.151.